The molecule has 1 aromatic heterocycles. The molecule has 1 aromatic rings. The summed E-state index contributed by atoms with van der Waals surface area (Å²) in [6, 6.07) is 0. The average molecular weight is 208 g/mol. The maximum absolute atomic E-state index is 2.39. The van der Waals surface area contributed by atoms with Crippen molar-refractivity contribution in [1.82, 2.24) is 0 Å². The Morgan fingerprint density at radius 1 is 1.36 bits per heavy atom. The normalized spacial score (nSPS) is 22.1. The summed E-state index contributed by atoms with van der Waals surface area (Å²) in [7, 11) is 0. The van der Waals surface area contributed by atoms with Crippen molar-refractivity contribution in [3.63, 3.8) is 0 Å². The third-order valence-electron chi connectivity index (χ3n) is 3.21. The lowest BCUT2D eigenvalue weighted by Crippen LogP contribution is -2.16. The van der Waals surface area contributed by atoms with Crippen LogP contribution in [-0.4, -0.2) is 0 Å². The third-order valence-corrected chi connectivity index (χ3v) is 4.26. The predicted molar refractivity (Wildman–Crippen MR) is 64.2 cm³/mol. The largest absolute Gasteiger partial charge is 0.148 e. The van der Waals surface area contributed by atoms with Gasteiger partial charge >= 0.3 is 0 Å². The molecule has 0 fully saturated rings. The quantitative estimate of drug-likeness (QED) is 0.600. The van der Waals surface area contributed by atoms with Crippen LogP contribution in [0.25, 0.3) is 0 Å². The van der Waals surface area contributed by atoms with E-state index in [9.17, 15) is 0 Å². The summed E-state index contributed by atoms with van der Waals surface area (Å²) in [5.41, 5.74) is 3.62. The number of hydrogen-bond donors (Lipinski definition) is 0. The zero-order chi connectivity index (χ0) is 10.3. The average Bonchev–Trinajstić information content (AvgIpc) is 2.45. The lowest BCUT2D eigenvalue weighted by molar-refractivity contribution is 0.496. The second-order valence-corrected chi connectivity index (χ2v) is 6.61. The van der Waals surface area contributed by atoms with E-state index >= 15 is 0 Å². The van der Waals surface area contributed by atoms with E-state index in [1.807, 2.05) is 11.3 Å². The standard InChI is InChI=1S/C13H20S/c1-9-5-6-10-11(13(2,3)4)8-14-12(10)7-9/h8-9H,5-7H2,1-4H3. The van der Waals surface area contributed by atoms with Gasteiger partial charge in [-0.25, -0.2) is 0 Å². The molecular formula is C13H20S. The minimum absolute atomic E-state index is 0.338. The molecule has 1 aliphatic carbocycles. The van der Waals surface area contributed by atoms with Crippen molar-refractivity contribution in [1.29, 1.82) is 0 Å². The van der Waals surface area contributed by atoms with Crippen LogP contribution in [0, 0.1) is 5.92 Å². The summed E-state index contributed by atoms with van der Waals surface area (Å²) in [5.74, 6) is 0.897. The third kappa shape index (κ3) is 1.75. The molecule has 0 aromatic carbocycles. The molecular weight excluding hydrogens is 188 g/mol. The molecule has 0 bridgehead atoms. The highest BCUT2D eigenvalue weighted by Gasteiger charge is 2.25. The molecule has 14 heavy (non-hydrogen) atoms. The molecule has 1 unspecified atom stereocenters. The molecule has 0 aliphatic heterocycles. The van der Waals surface area contributed by atoms with Crippen LogP contribution in [0.4, 0.5) is 0 Å². The Balaban J connectivity index is 2.38. The van der Waals surface area contributed by atoms with Crippen LogP contribution in [0.15, 0.2) is 5.38 Å². The van der Waals surface area contributed by atoms with Crippen LogP contribution in [0.1, 0.15) is 50.1 Å². The van der Waals surface area contributed by atoms with Gasteiger partial charge in [-0.3, -0.25) is 0 Å². The fourth-order valence-corrected chi connectivity index (χ4v) is 3.80. The summed E-state index contributed by atoms with van der Waals surface area (Å²) in [6.45, 7) is 9.35. The Labute approximate surface area is 91.4 Å². The van der Waals surface area contributed by atoms with Gasteiger partial charge in [0.1, 0.15) is 0 Å². The van der Waals surface area contributed by atoms with Crippen molar-refractivity contribution in [2.45, 2.75) is 52.4 Å². The maximum atomic E-state index is 2.39. The molecule has 0 saturated carbocycles. The van der Waals surface area contributed by atoms with Crippen LogP contribution >= 0.6 is 11.3 Å². The van der Waals surface area contributed by atoms with Gasteiger partial charge in [-0.15, -0.1) is 11.3 Å². The highest BCUT2D eigenvalue weighted by atomic mass is 32.1. The van der Waals surface area contributed by atoms with Gasteiger partial charge in [0.15, 0.2) is 0 Å². The molecule has 1 atom stereocenters. The lowest BCUT2D eigenvalue weighted by Gasteiger charge is -2.24. The molecule has 0 N–H and O–H groups in total. The predicted octanol–water partition coefficient (Wildman–Crippen LogP) is 4.17. The molecule has 1 heterocycles. The van der Waals surface area contributed by atoms with Crippen molar-refractivity contribution in [3.8, 4) is 0 Å². The summed E-state index contributed by atoms with van der Waals surface area (Å²) < 4.78 is 0. The van der Waals surface area contributed by atoms with Gasteiger partial charge in [0.2, 0.25) is 0 Å². The van der Waals surface area contributed by atoms with E-state index in [0.29, 0.717) is 5.41 Å². The first-order valence-electron chi connectivity index (χ1n) is 5.58. The molecule has 0 radical (unpaired) electrons. The number of rotatable bonds is 0. The van der Waals surface area contributed by atoms with Gasteiger partial charge in [0.25, 0.3) is 0 Å². The monoisotopic (exact) mass is 208 g/mol. The van der Waals surface area contributed by atoms with Gasteiger partial charge < -0.3 is 0 Å². The number of thiophene rings is 1. The lowest BCUT2D eigenvalue weighted by atomic mass is 9.80. The van der Waals surface area contributed by atoms with E-state index < -0.39 is 0 Å². The van der Waals surface area contributed by atoms with Crippen molar-refractivity contribution >= 4 is 11.3 Å². The SMILES string of the molecule is CC1CCc2c(C(C)(C)C)csc2C1. The van der Waals surface area contributed by atoms with E-state index in [1.54, 1.807) is 16.0 Å². The van der Waals surface area contributed by atoms with Gasteiger partial charge in [-0.1, -0.05) is 27.7 Å². The summed E-state index contributed by atoms with van der Waals surface area (Å²) in [6.07, 6.45) is 4.01. The van der Waals surface area contributed by atoms with Gasteiger partial charge in [-0.05, 0) is 47.1 Å². The van der Waals surface area contributed by atoms with Crippen molar-refractivity contribution in [3.05, 3.63) is 21.4 Å². The van der Waals surface area contributed by atoms with Crippen molar-refractivity contribution < 1.29 is 0 Å². The fourth-order valence-electron chi connectivity index (χ4n) is 2.31. The Hall–Kier alpha value is -0.300. The number of hydrogen-bond acceptors (Lipinski definition) is 1. The van der Waals surface area contributed by atoms with E-state index in [0.717, 1.165) is 5.92 Å². The van der Waals surface area contributed by atoms with Crippen LogP contribution in [0.2, 0.25) is 0 Å². The van der Waals surface area contributed by atoms with Gasteiger partial charge in [0, 0.05) is 4.88 Å². The van der Waals surface area contributed by atoms with E-state index in [4.69, 9.17) is 0 Å². The summed E-state index contributed by atoms with van der Waals surface area (Å²) in [4.78, 5) is 1.66. The first-order valence-corrected chi connectivity index (χ1v) is 6.46. The van der Waals surface area contributed by atoms with E-state index in [1.165, 1.54) is 19.3 Å². The minimum Gasteiger partial charge on any atom is -0.148 e. The summed E-state index contributed by atoms with van der Waals surface area (Å²) >= 11 is 1.98. The minimum atomic E-state index is 0.338. The van der Waals surface area contributed by atoms with Gasteiger partial charge in [0.05, 0.1) is 0 Å². The van der Waals surface area contributed by atoms with Crippen LogP contribution < -0.4 is 0 Å². The molecule has 0 spiro atoms. The first kappa shape index (κ1) is 10.2. The Bertz CT molecular complexity index is 327. The number of fused-ring (bicyclic) bond motifs is 1. The highest BCUT2D eigenvalue weighted by Crippen LogP contribution is 2.38. The molecule has 0 saturated heterocycles. The second kappa shape index (κ2) is 3.37. The van der Waals surface area contributed by atoms with E-state index in [-0.39, 0.29) is 0 Å². The zero-order valence-corrected chi connectivity index (χ0v) is 10.5. The van der Waals surface area contributed by atoms with Crippen LogP contribution in [0.3, 0.4) is 0 Å². The Kier molecular flexibility index (Phi) is 2.46. The molecule has 1 aliphatic rings. The Morgan fingerprint density at radius 2 is 2.07 bits per heavy atom. The fraction of sp³-hybridized carbons (Fsp3) is 0.692. The zero-order valence-electron chi connectivity index (χ0n) is 9.68. The van der Waals surface area contributed by atoms with Gasteiger partial charge in [-0.2, -0.15) is 0 Å². The van der Waals surface area contributed by atoms with Crippen molar-refractivity contribution in [2.24, 2.45) is 5.92 Å². The molecule has 0 amide bonds. The van der Waals surface area contributed by atoms with E-state index in [2.05, 4.69) is 33.1 Å². The highest BCUT2D eigenvalue weighted by molar-refractivity contribution is 7.10. The van der Waals surface area contributed by atoms with Crippen LogP contribution in [-0.2, 0) is 18.3 Å². The smallest absolute Gasteiger partial charge is 0.00829 e. The first-order chi connectivity index (χ1) is 6.48. The van der Waals surface area contributed by atoms with Crippen molar-refractivity contribution in [2.75, 3.05) is 0 Å². The topological polar surface area (TPSA) is 0 Å². The van der Waals surface area contributed by atoms with Crippen LogP contribution in [0.5, 0.6) is 0 Å². The molecule has 1 heteroatoms. The molecule has 78 valence electrons. The second-order valence-electron chi connectivity index (χ2n) is 5.65. The molecule has 2 rings (SSSR count). The Morgan fingerprint density at radius 3 is 2.71 bits per heavy atom. The molecule has 0 nitrogen and oxygen atoms in total. The summed E-state index contributed by atoms with van der Waals surface area (Å²) in [5, 5.41) is 2.39. The maximum Gasteiger partial charge on any atom is 0.00829 e.